The highest BCUT2D eigenvalue weighted by molar-refractivity contribution is 5.54. The van der Waals surface area contributed by atoms with Crippen LogP contribution in [-0.2, 0) is 6.54 Å². The lowest BCUT2D eigenvalue weighted by Gasteiger charge is -2.24. The van der Waals surface area contributed by atoms with Crippen LogP contribution < -0.4 is 10.6 Å². The van der Waals surface area contributed by atoms with Crippen LogP contribution >= 0.6 is 0 Å². The van der Waals surface area contributed by atoms with Gasteiger partial charge < -0.3 is 10.6 Å². The van der Waals surface area contributed by atoms with Crippen molar-refractivity contribution in [2.45, 2.75) is 26.4 Å². The van der Waals surface area contributed by atoms with E-state index in [4.69, 9.17) is 5.73 Å². The summed E-state index contributed by atoms with van der Waals surface area (Å²) in [5.74, 6) is -0.261. The Bertz CT molecular complexity index is 596. The highest BCUT2D eigenvalue weighted by Gasteiger charge is 2.12. The standard InChI is InChI=1S/C16H20FN3/c1-11-5-4-6-14(19-11)10-20(3)16-8-7-13(17)9-15(16)12(2)18/h4-9,12H,10,18H2,1-3H3/t12-/m0/s1. The van der Waals surface area contributed by atoms with E-state index in [1.165, 1.54) is 12.1 Å². The van der Waals surface area contributed by atoms with Gasteiger partial charge in [-0.15, -0.1) is 0 Å². The Morgan fingerprint density at radius 3 is 2.70 bits per heavy atom. The van der Waals surface area contributed by atoms with Gasteiger partial charge in [0.05, 0.1) is 12.2 Å². The molecule has 0 aliphatic rings. The molecule has 0 spiro atoms. The maximum absolute atomic E-state index is 13.4. The first-order valence-electron chi connectivity index (χ1n) is 6.66. The van der Waals surface area contributed by atoms with Gasteiger partial charge in [-0.1, -0.05) is 6.07 Å². The lowest BCUT2D eigenvalue weighted by atomic mass is 10.1. The average molecular weight is 273 g/mol. The Kier molecular flexibility index (Phi) is 4.35. The lowest BCUT2D eigenvalue weighted by Crippen LogP contribution is -2.21. The number of halogens is 1. The van der Waals surface area contributed by atoms with Crippen molar-refractivity contribution in [3.8, 4) is 0 Å². The molecule has 2 rings (SSSR count). The summed E-state index contributed by atoms with van der Waals surface area (Å²) in [7, 11) is 1.96. The monoisotopic (exact) mass is 273 g/mol. The Balaban J connectivity index is 2.27. The number of nitrogens with zero attached hydrogens (tertiary/aromatic N) is 2. The SMILES string of the molecule is Cc1cccc(CN(C)c2ccc(F)cc2[C@H](C)N)n1. The minimum absolute atomic E-state index is 0.214. The molecular formula is C16H20FN3. The number of rotatable bonds is 4. The average Bonchev–Trinajstić information content (AvgIpc) is 2.38. The van der Waals surface area contributed by atoms with Crippen molar-refractivity contribution < 1.29 is 4.39 Å². The van der Waals surface area contributed by atoms with Gasteiger partial charge >= 0.3 is 0 Å². The van der Waals surface area contributed by atoms with Crippen molar-refractivity contribution >= 4 is 5.69 Å². The van der Waals surface area contributed by atoms with Crippen LogP contribution in [0.25, 0.3) is 0 Å². The third kappa shape index (κ3) is 3.33. The van der Waals surface area contributed by atoms with Crippen molar-refractivity contribution in [2.75, 3.05) is 11.9 Å². The van der Waals surface area contributed by atoms with E-state index in [0.29, 0.717) is 6.54 Å². The van der Waals surface area contributed by atoms with Crippen molar-refractivity contribution in [3.63, 3.8) is 0 Å². The Morgan fingerprint density at radius 1 is 1.30 bits per heavy atom. The second kappa shape index (κ2) is 6.01. The molecule has 1 atom stereocenters. The Hall–Kier alpha value is -1.94. The van der Waals surface area contributed by atoms with E-state index in [0.717, 1.165) is 22.6 Å². The van der Waals surface area contributed by atoms with Gasteiger partial charge in [-0.3, -0.25) is 4.98 Å². The van der Waals surface area contributed by atoms with E-state index in [1.807, 2.05) is 44.0 Å². The molecule has 3 nitrogen and oxygen atoms in total. The summed E-state index contributed by atoms with van der Waals surface area (Å²) in [6.45, 7) is 4.48. The second-order valence-corrected chi connectivity index (χ2v) is 5.12. The van der Waals surface area contributed by atoms with Gasteiger partial charge in [-0.25, -0.2) is 4.39 Å². The molecule has 0 bridgehead atoms. The van der Waals surface area contributed by atoms with Gasteiger partial charge in [-0.05, 0) is 49.7 Å². The molecule has 0 aliphatic heterocycles. The molecule has 106 valence electrons. The molecule has 20 heavy (non-hydrogen) atoms. The molecule has 1 heterocycles. The maximum atomic E-state index is 13.4. The van der Waals surface area contributed by atoms with Crippen LogP contribution in [0.15, 0.2) is 36.4 Å². The van der Waals surface area contributed by atoms with Gasteiger partial charge in [0.15, 0.2) is 0 Å². The second-order valence-electron chi connectivity index (χ2n) is 5.12. The summed E-state index contributed by atoms with van der Waals surface area (Å²) in [5, 5.41) is 0. The topological polar surface area (TPSA) is 42.1 Å². The van der Waals surface area contributed by atoms with Crippen LogP contribution in [0, 0.1) is 12.7 Å². The van der Waals surface area contributed by atoms with Crippen LogP contribution in [-0.4, -0.2) is 12.0 Å². The molecule has 1 aromatic heterocycles. The van der Waals surface area contributed by atoms with E-state index >= 15 is 0 Å². The number of aromatic nitrogens is 1. The predicted octanol–water partition coefficient (Wildman–Crippen LogP) is 3.19. The van der Waals surface area contributed by atoms with E-state index < -0.39 is 0 Å². The third-order valence-corrected chi connectivity index (χ3v) is 3.24. The number of pyridine rings is 1. The first kappa shape index (κ1) is 14.5. The summed E-state index contributed by atoms with van der Waals surface area (Å²) >= 11 is 0. The third-order valence-electron chi connectivity index (χ3n) is 3.24. The number of hydrogen-bond acceptors (Lipinski definition) is 3. The number of nitrogens with two attached hydrogens (primary N) is 1. The molecule has 0 fully saturated rings. The van der Waals surface area contributed by atoms with Crippen molar-refractivity contribution in [1.29, 1.82) is 0 Å². The summed E-state index contributed by atoms with van der Waals surface area (Å²) in [5.41, 5.74) is 9.64. The molecule has 2 N–H and O–H groups in total. The summed E-state index contributed by atoms with van der Waals surface area (Å²) in [6, 6.07) is 10.5. The molecule has 0 unspecified atom stereocenters. The molecule has 4 heteroatoms. The molecule has 0 aliphatic carbocycles. The molecule has 2 aromatic rings. The molecule has 0 radical (unpaired) electrons. The van der Waals surface area contributed by atoms with E-state index in [9.17, 15) is 4.39 Å². The first-order valence-corrected chi connectivity index (χ1v) is 6.66. The first-order chi connectivity index (χ1) is 9.47. The van der Waals surface area contributed by atoms with Crippen LogP contribution in [0.4, 0.5) is 10.1 Å². The zero-order valence-electron chi connectivity index (χ0n) is 12.1. The highest BCUT2D eigenvalue weighted by Crippen LogP contribution is 2.26. The number of hydrogen-bond donors (Lipinski definition) is 1. The van der Waals surface area contributed by atoms with Gasteiger partial charge in [0, 0.05) is 24.5 Å². The van der Waals surface area contributed by atoms with Crippen molar-refractivity contribution in [1.82, 2.24) is 4.98 Å². The smallest absolute Gasteiger partial charge is 0.123 e. The van der Waals surface area contributed by atoms with Gasteiger partial charge in [-0.2, -0.15) is 0 Å². The minimum Gasteiger partial charge on any atom is -0.368 e. The minimum atomic E-state index is -0.261. The van der Waals surface area contributed by atoms with Gasteiger partial charge in [0.2, 0.25) is 0 Å². The van der Waals surface area contributed by atoms with E-state index in [2.05, 4.69) is 4.98 Å². The summed E-state index contributed by atoms with van der Waals surface area (Å²) in [6.07, 6.45) is 0. The van der Waals surface area contributed by atoms with E-state index in [1.54, 1.807) is 6.07 Å². The molecule has 1 aromatic carbocycles. The van der Waals surface area contributed by atoms with Crippen molar-refractivity contribution in [2.24, 2.45) is 5.73 Å². The van der Waals surface area contributed by atoms with Crippen LogP contribution in [0.1, 0.15) is 29.9 Å². The van der Waals surface area contributed by atoms with Crippen LogP contribution in [0.2, 0.25) is 0 Å². The largest absolute Gasteiger partial charge is 0.368 e. The summed E-state index contributed by atoms with van der Waals surface area (Å²) < 4.78 is 13.4. The molecule has 0 saturated heterocycles. The number of aryl methyl sites for hydroxylation is 1. The van der Waals surface area contributed by atoms with Crippen LogP contribution in [0.3, 0.4) is 0 Å². The maximum Gasteiger partial charge on any atom is 0.123 e. The zero-order valence-corrected chi connectivity index (χ0v) is 12.1. The fraction of sp³-hybridized carbons (Fsp3) is 0.312. The Morgan fingerprint density at radius 2 is 2.05 bits per heavy atom. The zero-order chi connectivity index (χ0) is 14.7. The quantitative estimate of drug-likeness (QED) is 0.930. The Labute approximate surface area is 119 Å². The summed E-state index contributed by atoms with van der Waals surface area (Å²) in [4.78, 5) is 6.53. The fourth-order valence-electron chi connectivity index (χ4n) is 2.25. The lowest BCUT2D eigenvalue weighted by molar-refractivity contribution is 0.621. The number of anilines is 1. The highest BCUT2D eigenvalue weighted by atomic mass is 19.1. The van der Waals surface area contributed by atoms with Gasteiger partial charge in [0.1, 0.15) is 5.82 Å². The fourth-order valence-corrected chi connectivity index (χ4v) is 2.25. The normalized spacial score (nSPS) is 12.2. The molecule has 0 saturated carbocycles. The van der Waals surface area contributed by atoms with E-state index in [-0.39, 0.29) is 11.9 Å². The van der Waals surface area contributed by atoms with Crippen molar-refractivity contribution in [3.05, 3.63) is 59.2 Å². The van der Waals surface area contributed by atoms with Gasteiger partial charge in [0.25, 0.3) is 0 Å². The molecular weight excluding hydrogens is 253 g/mol. The number of benzene rings is 1. The predicted molar refractivity (Wildman–Crippen MR) is 80.1 cm³/mol. The molecule has 0 amide bonds. The van der Waals surface area contributed by atoms with Crippen LogP contribution in [0.5, 0.6) is 0 Å².